The van der Waals surface area contributed by atoms with Gasteiger partial charge in [0.25, 0.3) is 0 Å². The summed E-state index contributed by atoms with van der Waals surface area (Å²) in [5, 5.41) is 0.222. The molecule has 2 atom stereocenters. The van der Waals surface area contributed by atoms with Crippen molar-refractivity contribution in [2.45, 2.75) is 85.0 Å². The second kappa shape index (κ2) is 12.6. The average Bonchev–Trinajstić information content (AvgIpc) is 2.59. The van der Waals surface area contributed by atoms with E-state index in [1.165, 1.54) is 58.5 Å². The fourth-order valence-electron chi connectivity index (χ4n) is 3.74. The lowest BCUT2D eigenvalue weighted by Gasteiger charge is -2.18. The Balaban J connectivity index is 2.43. The summed E-state index contributed by atoms with van der Waals surface area (Å²) in [7, 11) is 1.46. The van der Waals surface area contributed by atoms with Gasteiger partial charge >= 0.3 is 0 Å². The Morgan fingerprint density at radius 3 is 2.32 bits per heavy atom. The van der Waals surface area contributed by atoms with E-state index < -0.39 is 5.82 Å². The molecule has 0 spiro atoms. The molecule has 144 valence electrons. The predicted molar refractivity (Wildman–Crippen MR) is 107 cm³/mol. The van der Waals surface area contributed by atoms with Crippen molar-refractivity contribution in [3.05, 3.63) is 28.5 Å². The Morgan fingerprint density at radius 1 is 1.00 bits per heavy atom. The van der Waals surface area contributed by atoms with Crippen molar-refractivity contribution < 1.29 is 9.13 Å². The molecule has 0 saturated heterocycles. The summed E-state index contributed by atoms with van der Waals surface area (Å²) >= 11 is 6.15. The van der Waals surface area contributed by atoms with Gasteiger partial charge in [-0.1, -0.05) is 89.8 Å². The number of hydrogen-bond donors (Lipinski definition) is 0. The smallest absolute Gasteiger partial charge is 0.183 e. The predicted octanol–water partition coefficient (Wildman–Crippen LogP) is 7.83. The Kier molecular flexibility index (Phi) is 11.2. The van der Waals surface area contributed by atoms with Crippen LogP contribution < -0.4 is 4.74 Å². The van der Waals surface area contributed by atoms with Crippen molar-refractivity contribution in [3.8, 4) is 5.75 Å². The Morgan fingerprint density at radius 2 is 1.68 bits per heavy atom. The van der Waals surface area contributed by atoms with Gasteiger partial charge in [-0.2, -0.15) is 0 Å². The van der Waals surface area contributed by atoms with Crippen LogP contribution in [-0.4, -0.2) is 7.11 Å². The van der Waals surface area contributed by atoms with Gasteiger partial charge in [0.1, 0.15) is 0 Å². The van der Waals surface area contributed by atoms with E-state index in [0.717, 1.165) is 30.2 Å². The van der Waals surface area contributed by atoms with Gasteiger partial charge in [0.15, 0.2) is 11.6 Å². The minimum Gasteiger partial charge on any atom is -0.494 e. The first-order valence-electron chi connectivity index (χ1n) is 10.0. The van der Waals surface area contributed by atoms with E-state index in [2.05, 4.69) is 20.8 Å². The lowest BCUT2D eigenvalue weighted by Crippen LogP contribution is -2.04. The molecule has 0 aliphatic carbocycles. The first-order chi connectivity index (χ1) is 12.0. The molecule has 1 aromatic rings. The highest BCUT2D eigenvalue weighted by molar-refractivity contribution is 6.31. The van der Waals surface area contributed by atoms with Crippen LogP contribution in [0.4, 0.5) is 4.39 Å². The summed E-state index contributed by atoms with van der Waals surface area (Å²) in [6.45, 7) is 6.91. The normalized spacial score (nSPS) is 13.7. The molecule has 0 aliphatic heterocycles. The molecule has 25 heavy (non-hydrogen) atoms. The largest absolute Gasteiger partial charge is 0.494 e. The van der Waals surface area contributed by atoms with E-state index in [1.54, 1.807) is 6.07 Å². The molecule has 0 aromatic heterocycles. The highest BCUT2D eigenvalue weighted by Gasteiger charge is 2.13. The summed E-state index contributed by atoms with van der Waals surface area (Å²) in [6, 6.07) is 3.57. The summed E-state index contributed by atoms with van der Waals surface area (Å²) in [6.07, 6.45) is 12.3. The molecule has 0 saturated carbocycles. The molecular weight excluding hydrogens is 335 g/mol. The molecule has 1 rings (SSSR count). The third kappa shape index (κ3) is 7.98. The van der Waals surface area contributed by atoms with Gasteiger partial charge in [-0.15, -0.1) is 0 Å². The van der Waals surface area contributed by atoms with Crippen LogP contribution in [0.2, 0.25) is 5.02 Å². The average molecular weight is 371 g/mol. The first kappa shape index (κ1) is 22.3. The molecule has 0 fully saturated rings. The molecule has 0 N–H and O–H groups in total. The van der Waals surface area contributed by atoms with Crippen molar-refractivity contribution in [1.82, 2.24) is 0 Å². The zero-order valence-electron chi connectivity index (χ0n) is 16.5. The molecule has 0 aliphatic rings. The summed E-state index contributed by atoms with van der Waals surface area (Å²) in [4.78, 5) is 0. The maximum absolute atomic E-state index is 14.0. The standard InChI is InChI=1S/C22H36ClFO/c1-5-9-17(3)11-7-12-18(10-6-2)13-8-14-19-15-16-20(25-4)22(24)21(19)23/h15-18H,5-14H2,1-4H3. The second-order valence-corrected chi connectivity index (χ2v) is 7.80. The number of hydrogen-bond acceptors (Lipinski definition) is 1. The van der Waals surface area contributed by atoms with Gasteiger partial charge in [-0.3, -0.25) is 0 Å². The Hall–Kier alpha value is -0.760. The molecule has 0 bridgehead atoms. The maximum atomic E-state index is 14.0. The van der Waals surface area contributed by atoms with Crippen LogP contribution in [0.25, 0.3) is 0 Å². The van der Waals surface area contributed by atoms with Crippen molar-refractivity contribution in [2.75, 3.05) is 7.11 Å². The minimum absolute atomic E-state index is 0.221. The van der Waals surface area contributed by atoms with Gasteiger partial charge in [0.05, 0.1) is 12.1 Å². The topological polar surface area (TPSA) is 9.23 Å². The van der Waals surface area contributed by atoms with Crippen LogP contribution in [0.1, 0.15) is 84.1 Å². The summed E-state index contributed by atoms with van der Waals surface area (Å²) in [5.41, 5.74) is 0.895. The second-order valence-electron chi connectivity index (χ2n) is 7.43. The molecule has 0 heterocycles. The van der Waals surface area contributed by atoms with Crippen LogP contribution in [0.3, 0.4) is 0 Å². The highest BCUT2D eigenvalue weighted by Crippen LogP contribution is 2.30. The van der Waals surface area contributed by atoms with Crippen molar-refractivity contribution in [1.29, 1.82) is 0 Å². The van der Waals surface area contributed by atoms with Crippen molar-refractivity contribution >= 4 is 11.6 Å². The first-order valence-corrected chi connectivity index (χ1v) is 10.4. The third-order valence-electron chi connectivity index (χ3n) is 5.19. The summed E-state index contributed by atoms with van der Waals surface area (Å²) < 4.78 is 19.0. The number of ether oxygens (including phenoxy) is 1. The zero-order valence-corrected chi connectivity index (χ0v) is 17.3. The van der Waals surface area contributed by atoms with Gasteiger partial charge in [-0.05, 0) is 36.3 Å². The zero-order chi connectivity index (χ0) is 18.7. The van der Waals surface area contributed by atoms with Gasteiger partial charge in [-0.25, -0.2) is 4.39 Å². The van der Waals surface area contributed by atoms with Crippen LogP contribution >= 0.6 is 11.6 Å². The number of aryl methyl sites for hydroxylation is 1. The SMILES string of the molecule is CCCC(C)CCCC(CCC)CCCc1ccc(OC)c(F)c1Cl. The fourth-order valence-corrected chi connectivity index (χ4v) is 3.99. The Bertz CT molecular complexity index is 489. The maximum Gasteiger partial charge on any atom is 0.183 e. The third-order valence-corrected chi connectivity index (χ3v) is 5.60. The molecule has 3 heteroatoms. The number of halogens is 2. The number of methoxy groups -OCH3 is 1. The lowest BCUT2D eigenvalue weighted by molar-refractivity contribution is 0.364. The lowest BCUT2D eigenvalue weighted by atomic mass is 9.89. The van der Waals surface area contributed by atoms with Crippen LogP contribution in [0.15, 0.2) is 12.1 Å². The fraction of sp³-hybridized carbons (Fsp3) is 0.727. The molecule has 2 unspecified atom stereocenters. The van der Waals surface area contributed by atoms with Gasteiger partial charge in [0.2, 0.25) is 0 Å². The monoisotopic (exact) mass is 370 g/mol. The van der Waals surface area contributed by atoms with Crippen LogP contribution in [-0.2, 0) is 6.42 Å². The van der Waals surface area contributed by atoms with E-state index >= 15 is 0 Å². The van der Waals surface area contributed by atoms with E-state index in [0.29, 0.717) is 0 Å². The molecule has 1 nitrogen and oxygen atoms in total. The van der Waals surface area contributed by atoms with Crippen LogP contribution in [0.5, 0.6) is 5.75 Å². The van der Waals surface area contributed by atoms with Crippen molar-refractivity contribution in [2.24, 2.45) is 11.8 Å². The van der Waals surface area contributed by atoms with E-state index in [-0.39, 0.29) is 10.8 Å². The minimum atomic E-state index is -0.434. The van der Waals surface area contributed by atoms with E-state index in [1.807, 2.05) is 6.07 Å². The van der Waals surface area contributed by atoms with Crippen molar-refractivity contribution in [3.63, 3.8) is 0 Å². The molecular formula is C22H36ClFO. The van der Waals surface area contributed by atoms with Crippen LogP contribution in [0, 0.1) is 17.7 Å². The Labute approximate surface area is 159 Å². The van der Waals surface area contributed by atoms with Gasteiger partial charge in [0, 0.05) is 0 Å². The molecule has 0 radical (unpaired) electrons. The van der Waals surface area contributed by atoms with Gasteiger partial charge < -0.3 is 4.74 Å². The van der Waals surface area contributed by atoms with E-state index in [9.17, 15) is 4.39 Å². The highest BCUT2D eigenvalue weighted by atomic mass is 35.5. The molecule has 0 amide bonds. The molecule has 1 aromatic carbocycles. The quantitative estimate of drug-likeness (QED) is 0.343. The van der Waals surface area contributed by atoms with E-state index in [4.69, 9.17) is 16.3 Å². The summed E-state index contributed by atoms with van der Waals surface area (Å²) in [5.74, 6) is 1.43. The number of benzene rings is 1. The number of rotatable bonds is 13.